The molecule has 0 saturated heterocycles. The van der Waals surface area contributed by atoms with Crippen LogP contribution in [0.1, 0.15) is 59.8 Å². The summed E-state index contributed by atoms with van der Waals surface area (Å²) in [5.41, 5.74) is 0.449. The van der Waals surface area contributed by atoms with Crippen molar-refractivity contribution in [3.63, 3.8) is 0 Å². The normalized spacial score (nSPS) is 31.7. The number of aliphatic hydroxyl groups is 1. The molecule has 0 atom stereocenters. The quantitative estimate of drug-likeness (QED) is 0.774. The molecule has 1 aliphatic rings. The Morgan fingerprint density at radius 3 is 2.19 bits per heavy atom. The lowest BCUT2D eigenvalue weighted by Crippen LogP contribution is -2.52. The Labute approximate surface area is 101 Å². The first kappa shape index (κ1) is 14.0. The summed E-state index contributed by atoms with van der Waals surface area (Å²) in [5, 5.41) is 13.2. The van der Waals surface area contributed by atoms with Gasteiger partial charge in [-0.3, -0.25) is 0 Å². The Bertz CT molecular complexity index is 199. The fourth-order valence-corrected chi connectivity index (χ4v) is 2.82. The summed E-state index contributed by atoms with van der Waals surface area (Å²) in [6, 6.07) is 0. The first-order valence-electron chi connectivity index (χ1n) is 6.79. The van der Waals surface area contributed by atoms with Crippen LogP contribution >= 0.6 is 0 Å². The van der Waals surface area contributed by atoms with Gasteiger partial charge in [-0.15, -0.1) is 0 Å². The predicted octanol–water partition coefficient (Wildman–Crippen LogP) is 2.95. The van der Waals surface area contributed by atoms with Crippen LogP contribution in [0.15, 0.2) is 0 Å². The van der Waals surface area contributed by atoms with Crippen molar-refractivity contribution >= 4 is 0 Å². The maximum Gasteiger partial charge on any atom is 0.0613 e. The topological polar surface area (TPSA) is 32.3 Å². The van der Waals surface area contributed by atoms with Crippen LogP contribution in [-0.2, 0) is 0 Å². The summed E-state index contributed by atoms with van der Waals surface area (Å²) in [6.45, 7) is 10.5. The molecule has 1 rings (SSSR count). The van der Waals surface area contributed by atoms with Crippen molar-refractivity contribution in [2.75, 3.05) is 13.2 Å². The largest absolute Gasteiger partial charge is 0.394 e. The highest BCUT2D eigenvalue weighted by molar-refractivity contribution is 4.94. The molecular weight excluding hydrogens is 198 g/mol. The molecule has 0 radical (unpaired) electrons. The highest BCUT2D eigenvalue weighted by Gasteiger charge is 2.37. The number of nitrogens with one attached hydrogen (secondary N) is 1. The van der Waals surface area contributed by atoms with Crippen LogP contribution in [0.3, 0.4) is 0 Å². The lowest BCUT2D eigenvalue weighted by atomic mass is 9.67. The molecule has 0 bridgehead atoms. The minimum atomic E-state index is 0.0256. The van der Waals surface area contributed by atoms with Crippen molar-refractivity contribution in [2.24, 2.45) is 11.3 Å². The molecule has 0 aromatic carbocycles. The van der Waals surface area contributed by atoms with Gasteiger partial charge in [0.25, 0.3) is 0 Å². The van der Waals surface area contributed by atoms with Gasteiger partial charge in [-0.1, -0.05) is 27.7 Å². The Morgan fingerprint density at radius 2 is 1.81 bits per heavy atom. The number of hydrogen-bond donors (Lipinski definition) is 2. The molecular formula is C14H29NO. The molecule has 2 N–H and O–H groups in total. The lowest BCUT2D eigenvalue weighted by molar-refractivity contribution is 0.0694. The minimum absolute atomic E-state index is 0.0256. The van der Waals surface area contributed by atoms with E-state index in [0.717, 1.165) is 31.7 Å². The number of hydrogen-bond acceptors (Lipinski definition) is 2. The molecule has 0 aliphatic heterocycles. The average molecular weight is 227 g/mol. The van der Waals surface area contributed by atoms with E-state index in [0.29, 0.717) is 12.0 Å². The summed E-state index contributed by atoms with van der Waals surface area (Å²) in [7, 11) is 0. The molecule has 0 aromatic heterocycles. The van der Waals surface area contributed by atoms with E-state index in [9.17, 15) is 5.11 Å². The summed E-state index contributed by atoms with van der Waals surface area (Å²) in [4.78, 5) is 0. The molecule has 1 fully saturated rings. The highest BCUT2D eigenvalue weighted by atomic mass is 16.3. The van der Waals surface area contributed by atoms with Crippen molar-refractivity contribution in [1.82, 2.24) is 5.32 Å². The Hall–Kier alpha value is -0.0800. The maximum absolute atomic E-state index is 9.59. The first-order chi connectivity index (χ1) is 7.43. The molecule has 0 heterocycles. The van der Waals surface area contributed by atoms with Crippen molar-refractivity contribution < 1.29 is 5.11 Å². The molecule has 1 aliphatic carbocycles. The Balaban J connectivity index is 2.50. The zero-order valence-corrected chi connectivity index (χ0v) is 11.5. The van der Waals surface area contributed by atoms with Gasteiger partial charge in [-0.2, -0.15) is 0 Å². The van der Waals surface area contributed by atoms with Gasteiger partial charge >= 0.3 is 0 Å². The van der Waals surface area contributed by atoms with Gasteiger partial charge in [0.15, 0.2) is 0 Å². The maximum atomic E-state index is 9.59. The van der Waals surface area contributed by atoms with Gasteiger partial charge in [-0.25, -0.2) is 0 Å². The van der Waals surface area contributed by atoms with Crippen molar-refractivity contribution in [3.8, 4) is 0 Å². The fourth-order valence-electron chi connectivity index (χ4n) is 2.82. The number of aliphatic hydroxyl groups excluding tert-OH is 1. The lowest BCUT2D eigenvalue weighted by Gasteiger charge is -2.43. The molecule has 0 amide bonds. The van der Waals surface area contributed by atoms with Crippen LogP contribution in [-0.4, -0.2) is 23.8 Å². The molecule has 1 saturated carbocycles. The second-order valence-corrected chi connectivity index (χ2v) is 6.51. The second kappa shape index (κ2) is 5.50. The summed E-state index contributed by atoms with van der Waals surface area (Å²) in [6.07, 6.45) is 5.91. The third-order valence-electron chi connectivity index (χ3n) is 4.22. The van der Waals surface area contributed by atoms with Gasteiger partial charge in [0.05, 0.1) is 6.61 Å². The monoisotopic (exact) mass is 227 g/mol. The van der Waals surface area contributed by atoms with Crippen LogP contribution in [0.2, 0.25) is 0 Å². The van der Waals surface area contributed by atoms with Crippen molar-refractivity contribution in [2.45, 2.75) is 65.3 Å². The van der Waals surface area contributed by atoms with Crippen LogP contribution < -0.4 is 5.32 Å². The molecule has 96 valence electrons. The van der Waals surface area contributed by atoms with E-state index >= 15 is 0 Å². The average Bonchev–Trinajstić information content (AvgIpc) is 2.26. The highest BCUT2D eigenvalue weighted by Crippen LogP contribution is 2.41. The molecule has 0 aromatic rings. The molecule has 16 heavy (non-hydrogen) atoms. The first-order valence-corrected chi connectivity index (χ1v) is 6.79. The zero-order valence-electron chi connectivity index (χ0n) is 11.5. The number of rotatable bonds is 4. The summed E-state index contributed by atoms with van der Waals surface area (Å²) >= 11 is 0. The van der Waals surface area contributed by atoms with E-state index in [1.807, 2.05) is 0 Å². The third kappa shape index (κ3) is 3.46. The third-order valence-corrected chi connectivity index (χ3v) is 4.22. The zero-order chi connectivity index (χ0) is 12.2. The fraction of sp³-hybridized carbons (Fsp3) is 1.00. The second-order valence-electron chi connectivity index (χ2n) is 6.51. The van der Waals surface area contributed by atoms with E-state index in [1.165, 1.54) is 12.8 Å². The summed E-state index contributed by atoms with van der Waals surface area (Å²) < 4.78 is 0. The van der Waals surface area contributed by atoms with Gasteiger partial charge in [0, 0.05) is 5.54 Å². The van der Waals surface area contributed by atoms with Crippen molar-refractivity contribution in [1.29, 1.82) is 0 Å². The molecule has 0 unspecified atom stereocenters. The van der Waals surface area contributed by atoms with E-state index < -0.39 is 0 Å². The van der Waals surface area contributed by atoms with Gasteiger partial charge in [0.2, 0.25) is 0 Å². The van der Waals surface area contributed by atoms with E-state index in [1.54, 1.807) is 0 Å². The smallest absolute Gasteiger partial charge is 0.0613 e. The van der Waals surface area contributed by atoms with Crippen LogP contribution in [0.25, 0.3) is 0 Å². The van der Waals surface area contributed by atoms with Crippen LogP contribution in [0, 0.1) is 11.3 Å². The van der Waals surface area contributed by atoms with Crippen LogP contribution in [0.4, 0.5) is 0 Å². The molecule has 2 nitrogen and oxygen atoms in total. The minimum Gasteiger partial charge on any atom is -0.394 e. The summed E-state index contributed by atoms with van der Waals surface area (Å²) in [5.74, 6) is 0.815. The van der Waals surface area contributed by atoms with E-state index in [4.69, 9.17) is 0 Å². The standard InChI is InChI=1S/C14H29NO/c1-5-10-15-14(11-16)8-6-12(7-9-14)13(2,3)4/h12,15-16H,5-11H2,1-4H3. The Kier molecular flexibility index (Phi) is 4.81. The van der Waals surface area contributed by atoms with Gasteiger partial charge in [0.1, 0.15) is 0 Å². The van der Waals surface area contributed by atoms with Gasteiger partial charge in [-0.05, 0) is 50.0 Å². The SMILES string of the molecule is CCCNC1(CO)CCC(C(C)(C)C)CC1. The van der Waals surface area contributed by atoms with E-state index in [-0.39, 0.29) is 5.54 Å². The Morgan fingerprint density at radius 1 is 1.25 bits per heavy atom. The molecule has 2 heteroatoms. The van der Waals surface area contributed by atoms with Gasteiger partial charge < -0.3 is 10.4 Å². The van der Waals surface area contributed by atoms with Crippen molar-refractivity contribution in [3.05, 3.63) is 0 Å². The molecule has 0 spiro atoms. The van der Waals surface area contributed by atoms with E-state index in [2.05, 4.69) is 33.0 Å². The predicted molar refractivity (Wildman–Crippen MR) is 69.5 cm³/mol. The van der Waals surface area contributed by atoms with Crippen LogP contribution in [0.5, 0.6) is 0 Å².